The first kappa shape index (κ1) is 28.7. The van der Waals surface area contributed by atoms with Gasteiger partial charge in [-0.15, -0.1) is 0 Å². The third kappa shape index (κ3) is 7.76. The number of nitrogens with zero attached hydrogens (tertiary/aromatic N) is 1. The number of nitrogens with two attached hydrogens (primary N) is 1. The highest BCUT2D eigenvalue weighted by Crippen LogP contribution is 2.36. The number of alkyl halides is 2. The Morgan fingerprint density at radius 3 is 2.61 bits per heavy atom. The summed E-state index contributed by atoms with van der Waals surface area (Å²) < 4.78 is 33.4. The molecule has 1 unspecified atom stereocenters. The van der Waals surface area contributed by atoms with Crippen molar-refractivity contribution < 1.29 is 23.1 Å². The second kappa shape index (κ2) is 13.0. The molecule has 1 aliphatic rings. The summed E-state index contributed by atoms with van der Waals surface area (Å²) in [4.78, 5) is 28.8. The molecule has 0 bridgehead atoms. The number of aryl methyl sites for hydroxylation is 1. The fraction of sp³-hybridized carbons (Fsp3) is 0.444. The van der Waals surface area contributed by atoms with Crippen LogP contribution in [0.4, 0.5) is 8.78 Å². The van der Waals surface area contributed by atoms with Gasteiger partial charge in [-0.05, 0) is 57.7 Å². The van der Waals surface area contributed by atoms with Gasteiger partial charge >= 0.3 is 0 Å². The number of halogens is 2. The molecule has 1 aromatic rings. The number of allylic oxidation sites excluding steroid dienone is 2. The number of aromatic nitrogens is 1. The van der Waals surface area contributed by atoms with Crippen LogP contribution in [0.1, 0.15) is 51.2 Å². The predicted octanol–water partition coefficient (Wildman–Crippen LogP) is 4.45. The van der Waals surface area contributed by atoms with E-state index in [1.54, 1.807) is 39.0 Å². The summed E-state index contributed by atoms with van der Waals surface area (Å²) in [5.74, 6) is -0.137. The van der Waals surface area contributed by atoms with Gasteiger partial charge in [-0.3, -0.25) is 9.59 Å². The fourth-order valence-electron chi connectivity index (χ4n) is 3.50. The molecule has 1 saturated carbocycles. The molecule has 2 amide bonds. The summed E-state index contributed by atoms with van der Waals surface area (Å²) in [6, 6.07) is 1.77. The minimum atomic E-state index is -2.68. The van der Waals surface area contributed by atoms with Crippen LogP contribution in [0.25, 0.3) is 0 Å². The van der Waals surface area contributed by atoms with Gasteiger partial charge in [0.1, 0.15) is 17.8 Å². The highest BCUT2D eigenvalue weighted by Gasteiger charge is 2.39. The first-order chi connectivity index (χ1) is 17.0. The van der Waals surface area contributed by atoms with Gasteiger partial charge in [-0.1, -0.05) is 37.3 Å². The molecule has 1 aliphatic carbocycles. The summed E-state index contributed by atoms with van der Waals surface area (Å²) in [6.45, 7) is 10.5. The topological polar surface area (TPSA) is 106 Å². The summed E-state index contributed by atoms with van der Waals surface area (Å²) in [7, 11) is 0. The SMILES string of the molecule is C=C(C)C(/C=C/C)(COc1ncc(CNC(=O)C(/C=C(\N)NC(=O)C2CC2)=C/CC)cc1C)C(F)F. The Kier molecular flexibility index (Phi) is 10.4. The number of carbonyl (C=O) groups excluding carboxylic acids is 2. The van der Waals surface area contributed by atoms with Crippen molar-refractivity contribution in [2.24, 2.45) is 17.1 Å². The first-order valence-electron chi connectivity index (χ1n) is 12.0. The van der Waals surface area contributed by atoms with Crippen LogP contribution in [0.5, 0.6) is 5.88 Å². The van der Waals surface area contributed by atoms with E-state index >= 15 is 0 Å². The lowest BCUT2D eigenvalue weighted by Crippen LogP contribution is -2.35. The van der Waals surface area contributed by atoms with Gasteiger partial charge in [-0.25, -0.2) is 13.8 Å². The number of pyridine rings is 1. The molecule has 1 atom stereocenters. The van der Waals surface area contributed by atoms with Crippen LogP contribution >= 0.6 is 0 Å². The maximum absolute atomic E-state index is 13.8. The van der Waals surface area contributed by atoms with Gasteiger partial charge in [0.2, 0.25) is 11.8 Å². The minimum absolute atomic E-state index is 0.00256. The Labute approximate surface area is 211 Å². The number of carbonyl (C=O) groups is 2. The lowest BCUT2D eigenvalue weighted by atomic mass is 9.82. The highest BCUT2D eigenvalue weighted by molar-refractivity contribution is 5.96. The Balaban J connectivity index is 2.03. The van der Waals surface area contributed by atoms with E-state index in [2.05, 4.69) is 22.2 Å². The highest BCUT2D eigenvalue weighted by atomic mass is 19.3. The van der Waals surface area contributed by atoms with E-state index in [0.29, 0.717) is 28.7 Å². The summed E-state index contributed by atoms with van der Waals surface area (Å²) in [5, 5.41) is 5.42. The molecule has 1 fully saturated rings. The van der Waals surface area contributed by atoms with E-state index in [9.17, 15) is 18.4 Å². The van der Waals surface area contributed by atoms with E-state index in [1.807, 2.05) is 6.92 Å². The van der Waals surface area contributed by atoms with Crippen LogP contribution in [0, 0.1) is 18.3 Å². The maximum atomic E-state index is 13.8. The van der Waals surface area contributed by atoms with Crippen LogP contribution in [-0.4, -0.2) is 29.8 Å². The molecule has 2 rings (SSSR count). The monoisotopic (exact) mass is 502 g/mol. The molecule has 0 spiro atoms. The average molecular weight is 503 g/mol. The number of nitrogens with one attached hydrogen (secondary N) is 2. The van der Waals surface area contributed by atoms with Crippen molar-refractivity contribution in [1.82, 2.24) is 15.6 Å². The molecule has 0 radical (unpaired) electrons. The lowest BCUT2D eigenvalue weighted by molar-refractivity contribution is -0.121. The van der Waals surface area contributed by atoms with Gasteiger partial charge in [0, 0.05) is 29.8 Å². The zero-order valence-electron chi connectivity index (χ0n) is 21.4. The van der Waals surface area contributed by atoms with Crippen molar-refractivity contribution in [2.75, 3.05) is 6.61 Å². The van der Waals surface area contributed by atoms with E-state index in [0.717, 1.165) is 12.8 Å². The maximum Gasteiger partial charge on any atom is 0.254 e. The molecule has 196 valence electrons. The van der Waals surface area contributed by atoms with E-state index < -0.39 is 11.8 Å². The summed E-state index contributed by atoms with van der Waals surface area (Å²) >= 11 is 0. The zero-order chi connectivity index (χ0) is 26.9. The molecule has 9 heteroatoms. The van der Waals surface area contributed by atoms with Crippen molar-refractivity contribution in [3.63, 3.8) is 0 Å². The largest absolute Gasteiger partial charge is 0.476 e. The van der Waals surface area contributed by atoms with Crippen LogP contribution in [-0.2, 0) is 16.1 Å². The Bertz CT molecular complexity index is 1060. The Hall–Kier alpha value is -3.49. The lowest BCUT2D eigenvalue weighted by Gasteiger charge is -2.30. The van der Waals surface area contributed by atoms with Gasteiger partial charge in [0.15, 0.2) is 0 Å². The van der Waals surface area contributed by atoms with Crippen LogP contribution < -0.4 is 21.1 Å². The van der Waals surface area contributed by atoms with Crippen molar-refractivity contribution in [1.29, 1.82) is 0 Å². The molecule has 36 heavy (non-hydrogen) atoms. The second-order valence-electron chi connectivity index (χ2n) is 8.99. The van der Waals surface area contributed by atoms with Crippen LogP contribution in [0.3, 0.4) is 0 Å². The summed E-state index contributed by atoms with van der Waals surface area (Å²) in [6.07, 6.45) is 7.27. The molecule has 1 aromatic heterocycles. The molecular formula is C27H36F2N4O3. The zero-order valence-corrected chi connectivity index (χ0v) is 21.4. The van der Waals surface area contributed by atoms with E-state index in [4.69, 9.17) is 10.5 Å². The molecule has 0 aromatic carbocycles. The third-order valence-corrected chi connectivity index (χ3v) is 5.85. The normalized spacial score (nSPS) is 16.1. The first-order valence-corrected chi connectivity index (χ1v) is 12.0. The Morgan fingerprint density at radius 1 is 1.39 bits per heavy atom. The molecule has 0 saturated heterocycles. The number of hydrogen-bond donors (Lipinski definition) is 3. The van der Waals surface area contributed by atoms with E-state index in [1.165, 1.54) is 18.3 Å². The van der Waals surface area contributed by atoms with Gasteiger partial charge in [-0.2, -0.15) is 0 Å². The molecule has 0 aliphatic heterocycles. The van der Waals surface area contributed by atoms with Crippen molar-refractivity contribution in [3.8, 4) is 5.88 Å². The number of hydrogen-bond acceptors (Lipinski definition) is 5. The molecular weight excluding hydrogens is 466 g/mol. The smallest absolute Gasteiger partial charge is 0.254 e. The second-order valence-corrected chi connectivity index (χ2v) is 8.99. The molecule has 4 N–H and O–H groups in total. The van der Waals surface area contributed by atoms with Crippen LogP contribution in [0.15, 0.2) is 60.1 Å². The van der Waals surface area contributed by atoms with Gasteiger partial charge < -0.3 is 21.1 Å². The van der Waals surface area contributed by atoms with Gasteiger partial charge in [0.05, 0.1) is 0 Å². The van der Waals surface area contributed by atoms with Crippen molar-refractivity contribution >= 4 is 11.8 Å². The quantitative estimate of drug-likeness (QED) is 0.210. The summed E-state index contributed by atoms with van der Waals surface area (Å²) in [5.41, 5.74) is 6.27. The standard InChI is InChI=1S/C27H36F2N4O3/c1-6-8-21(13-22(30)33-24(35)20-9-10-20)23(34)31-14-19-12-18(5)25(32-15-19)36-16-27(11-7-2,17(3)4)26(28)29/h7-8,11-13,15,20,26H,3,6,9-10,14,16,30H2,1-2,4-5H3,(H,31,34)(H,33,35)/b11-7+,21-8+,22-13+. The third-order valence-electron chi connectivity index (χ3n) is 5.85. The average Bonchev–Trinajstić information content (AvgIpc) is 3.66. The number of amides is 2. The minimum Gasteiger partial charge on any atom is -0.476 e. The molecule has 7 nitrogen and oxygen atoms in total. The van der Waals surface area contributed by atoms with Crippen LogP contribution in [0.2, 0.25) is 0 Å². The van der Waals surface area contributed by atoms with Gasteiger partial charge in [0.25, 0.3) is 12.3 Å². The fourth-order valence-corrected chi connectivity index (χ4v) is 3.50. The number of rotatable bonds is 13. The predicted molar refractivity (Wildman–Crippen MR) is 136 cm³/mol. The molecule has 1 heterocycles. The Morgan fingerprint density at radius 2 is 2.08 bits per heavy atom. The van der Waals surface area contributed by atoms with E-state index in [-0.39, 0.29) is 42.6 Å². The van der Waals surface area contributed by atoms with Crippen molar-refractivity contribution in [3.05, 3.63) is 71.2 Å². The van der Waals surface area contributed by atoms with Crippen molar-refractivity contribution in [2.45, 2.75) is 59.9 Å². The number of ether oxygens (including phenoxy) is 1.